The number of nitrogens with one attached hydrogen (secondary N) is 1. The molecule has 0 atom stereocenters. The van der Waals surface area contributed by atoms with Crippen LogP contribution in [0.4, 0.5) is 20.5 Å². The number of hydrogen-bond acceptors (Lipinski definition) is 7. The van der Waals surface area contributed by atoms with Crippen molar-refractivity contribution in [3.05, 3.63) is 75.8 Å². The summed E-state index contributed by atoms with van der Waals surface area (Å²) in [6.07, 6.45) is 4.43. The molecular weight excluding hydrogens is 512 g/mol. The van der Waals surface area contributed by atoms with Crippen molar-refractivity contribution in [2.24, 2.45) is 0 Å². The van der Waals surface area contributed by atoms with Gasteiger partial charge in [0.05, 0.1) is 17.1 Å². The zero-order chi connectivity index (χ0) is 28.0. The summed E-state index contributed by atoms with van der Waals surface area (Å²) in [6.45, 7) is 12.4. The van der Waals surface area contributed by atoms with Crippen LogP contribution < -0.4 is 10.7 Å². The summed E-state index contributed by atoms with van der Waals surface area (Å²) in [4.78, 5) is 30.5. The molecule has 8 nitrogen and oxygen atoms in total. The fourth-order valence-electron chi connectivity index (χ4n) is 5.89. The third kappa shape index (κ3) is 4.97. The van der Waals surface area contributed by atoms with E-state index in [1.54, 1.807) is 6.07 Å². The van der Waals surface area contributed by atoms with Crippen LogP contribution >= 0.6 is 0 Å². The van der Waals surface area contributed by atoms with Crippen molar-refractivity contribution in [1.82, 2.24) is 29.3 Å². The van der Waals surface area contributed by atoms with Gasteiger partial charge in [0.15, 0.2) is 11.2 Å². The van der Waals surface area contributed by atoms with Crippen LogP contribution in [0.25, 0.3) is 22.2 Å². The van der Waals surface area contributed by atoms with Gasteiger partial charge in [-0.25, -0.2) is 23.7 Å². The molecule has 6 rings (SSSR count). The third-order valence-corrected chi connectivity index (χ3v) is 8.14. The van der Waals surface area contributed by atoms with Crippen molar-refractivity contribution in [3.8, 4) is 11.3 Å². The Morgan fingerprint density at radius 2 is 1.75 bits per heavy atom. The van der Waals surface area contributed by atoms with Gasteiger partial charge in [-0.3, -0.25) is 9.69 Å². The second kappa shape index (κ2) is 10.3. The van der Waals surface area contributed by atoms with E-state index in [2.05, 4.69) is 50.8 Å². The van der Waals surface area contributed by atoms with Gasteiger partial charge in [0.1, 0.15) is 17.3 Å². The van der Waals surface area contributed by atoms with Gasteiger partial charge >= 0.3 is 0 Å². The average Bonchev–Trinajstić information content (AvgIpc) is 3.24. The van der Waals surface area contributed by atoms with E-state index in [9.17, 15) is 9.18 Å². The van der Waals surface area contributed by atoms with Gasteiger partial charge in [0, 0.05) is 61.8 Å². The fourth-order valence-corrected chi connectivity index (χ4v) is 5.89. The largest absolute Gasteiger partial charge is 0.339 e. The van der Waals surface area contributed by atoms with Crippen molar-refractivity contribution in [1.29, 1.82) is 0 Å². The lowest BCUT2D eigenvalue weighted by Crippen LogP contribution is -2.45. The quantitative estimate of drug-likeness (QED) is 0.377. The van der Waals surface area contributed by atoms with Crippen LogP contribution in [0.2, 0.25) is 0 Å². The lowest BCUT2D eigenvalue weighted by Gasteiger charge is -2.33. The van der Waals surface area contributed by atoms with Gasteiger partial charge in [-0.2, -0.15) is 0 Å². The topological polar surface area (TPSA) is 79.2 Å². The summed E-state index contributed by atoms with van der Waals surface area (Å²) in [5.74, 6) is -0.720. The van der Waals surface area contributed by atoms with Crippen LogP contribution in [-0.4, -0.2) is 62.0 Å². The fraction of sp³-hybridized carbons (Fsp3) is 0.400. The first-order valence-electron chi connectivity index (χ1n) is 13.8. The molecule has 0 aliphatic carbocycles. The summed E-state index contributed by atoms with van der Waals surface area (Å²) in [7, 11) is 0. The first-order valence-corrected chi connectivity index (χ1v) is 13.8. The first-order chi connectivity index (χ1) is 19.2. The van der Waals surface area contributed by atoms with E-state index in [-0.39, 0.29) is 33.6 Å². The van der Waals surface area contributed by atoms with E-state index >= 15 is 4.39 Å². The molecule has 40 heavy (non-hydrogen) atoms. The summed E-state index contributed by atoms with van der Waals surface area (Å²) in [6, 6.07) is 8.18. The summed E-state index contributed by atoms with van der Waals surface area (Å²) in [5, 5.41) is 3.04. The van der Waals surface area contributed by atoms with Crippen molar-refractivity contribution in [3.63, 3.8) is 0 Å². The molecule has 0 spiro atoms. The van der Waals surface area contributed by atoms with Gasteiger partial charge in [0.25, 0.3) is 0 Å². The van der Waals surface area contributed by atoms with Crippen molar-refractivity contribution < 1.29 is 8.78 Å². The monoisotopic (exact) mass is 545 g/mol. The molecule has 0 bridgehead atoms. The Labute approximate surface area is 231 Å². The zero-order valence-electron chi connectivity index (χ0n) is 23.0. The number of aromatic nitrogens is 4. The van der Waals surface area contributed by atoms with Crippen molar-refractivity contribution in [2.75, 3.05) is 38.0 Å². The number of likely N-dealkylation sites (N-methyl/N-ethyl adjacent to an activating group) is 1. The van der Waals surface area contributed by atoms with Crippen LogP contribution in [0, 0.1) is 11.6 Å². The average molecular weight is 546 g/mol. The lowest BCUT2D eigenvalue weighted by atomic mass is 10.0. The van der Waals surface area contributed by atoms with Crippen LogP contribution in [0.1, 0.15) is 38.4 Å². The number of anilines is 2. The van der Waals surface area contributed by atoms with Crippen LogP contribution in [0.5, 0.6) is 0 Å². The number of fused-ring (bicyclic) bond motifs is 3. The van der Waals surface area contributed by atoms with Crippen molar-refractivity contribution in [2.45, 2.75) is 45.7 Å². The molecule has 0 unspecified atom stereocenters. The molecule has 4 aromatic rings. The number of nitrogens with zero attached hydrogens (tertiary/aromatic N) is 6. The molecule has 1 saturated heterocycles. The molecule has 208 valence electrons. The number of hydrogen-bond donors (Lipinski definition) is 1. The molecule has 2 aliphatic rings. The minimum atomic E-state index is -0.698. The minimum absolute atomic E-state index is 0.00632. The van der Waals surface area contributed by atoms with E-state index in [0.717, 1.165) is 69.6 Å². The number of rotatable bonds is 6. The number of piperazine rings is 1. The number of benzene rings is 1. The smallest absolute Gasteiger partial charge is 0.229 e. The molecule has 10 heteroatoms. The highest BCUT2D eigenvalue weighted by Crippen LogP contribution is 2.36. The van der Waals surface area contributed by atoms with E-state index < -0.39 is 11.6 Å². The first kappa shape index (κ1) is 26.5. The van der Waals surface area contributed by atoms with Crippen molar-refractivity contribution >= 4 is 22.7 Å². The molecular formula is C30H33F2N7O. The second-order valence-electron chi connectivity index (χ2n) is 11.3. The van der Waals surface area contributed by atoms with Gasteiger partial charge in [-0.1, -0.05) is 13.0 Å². The normalized spacial score (nSPS) is 17.3. The van der Waals surface area contributed by atoms with Crippen LogP contribution in [0.15, 0.2) is 47.5 Å². The Hall–Kier alpha value is -3.76. The van der Waals surface area contributed by atoms with E-state index in [1.807, 2.05) is 22.9 Å². The molecule has 0 radical (unpaired) electrons. The Kier molecular flexibility index (Phi) is 6.83. The van der Waals surface area contributed by atoms with E-state index in [0.29, 0.717) is 11.3 Å². The predicted octanol–water partition coefficient (Wildman–Crippen LogP) is 4.69. The van der Waals surface area contributed by atoms with E-state index in [1.165, 1.54) is 12.1 Å². The Morgan fingerprint density at radius 1 is 0.975 bits per heavy atom. The standard InChI is InChI=1S/C30H33F2N7O/c1-4-37-9-11-38(12-10-37)18-19-5-6-26(33-16-19)35-29-34-17-23(32)28(36-29)20-13-22(31)27-24(14-20)39-21(15-25(27)40)7-8-30(39,2)3/h5-6,13-17H,4,7-12,18H2,1-3H3,(H,33,34,35,36). The minimum Gasteiger partial charge on any atom is -0.339 e. The zero-order valence-corrected chi connectivity index (χ0v) is 23.0. The van der Waals surface area contributed by atoms with Crippen LogP contribution in [-0.2, 0) is 18.5 Å². The van der Waals surface area contributed by atoms with E-state index in [4.69, 9.17) is 0 Å². The summed E-state index contributed by atoms with van der Waals surface area (Å²) < 4.78 is 32.3. The maximum atomic E-state index is 15.3. The second-order valence-corrected chi connectivity index (χ2v) is 11.3. The maximum Gasteiger partial charge on any atom is 0.229 e. The molecule has 5 heterocycles. The Morgan fingerprint density at radius 3 is 2.48 bits per heavy atom. The Bertz CT molecular complexity index is 1630. The predicted molar refractivity (Wildman–Crippen MR) is 152 cm³/mol. The number of aryl methyl sites for hydroxylation is 1. The highest BCUT2D eigenvalue weighted by atomic mass is 19.1. The molecule has 0 saturated carbocycles. The molecule has 1 fully saturated rings. The highest BCUT2D eigenvalue weighted by molar-refractivity contribution is 5.85. The van der Waals surface area contributed by atoms with Gasteiger partial charge in [0.2, 0.25) is 5.95 Å². The SMILES string of the molecule is CCN1CCN(Cc2ccc(Nc3ncc(F)c(-c4cc(F)c5c(=O)cc6n(c5c4)C(C)(C)CC6)n3)nc2)CC1. The molecule has 2 aliphatic heterocycles. The lowest BCUT2D eigenvalue weighted by molar-refractivity contribution is 0.132. The van der Waals surface area contributed by atoms with Crippen LogP contribution in [0.3, 0.4) is 0 Å². The Balaban J connectivity index is 1.26. The summed E-state index contributed by atoms with van der Waals surface area (Å²) >= 11 is 0. The molecule has 0 amide bonds. The van der Waals surface area contributed by atoms with Gasteiger partial charge in [-0.15, -0.1) is 0 Å². The number of halogens is 2. The number of pyridine rings is 2. The third-order valence-electron chi connectivity index (χ3n) is 8.14. The highest BCUT2D eigenvalue weighted by Gasteiger charge is 2.31. The van der Waals surface area contributed by atoms with Gasteiger partial charge < -0.3 is 14.8 Å². The molecule has 1 N–H and O–H groups in total. The van der Waals surface area contributed by atoms with Gasteiger partial charge in [-0.05, 0) is 57.0 Å². The maximum absolute atomic E-state index is 15.3. The molecule has 3 aromatic heterocycles. The molecule has 1 aromatic carbocycles. The summed E-state index contributed by atoms with van der Waals surface area (Å²) in [5.41, 5.74) is 1.92.